The molecule has 5 aliphatic heterocycles. The first-order chi connectivity index (χ1) is 17.7. The van der Waals surface area contributed by atoms with Crippen LogP contribution in [-0.4, -0.2) is 64.1 Å². The van der Waals surface area contributed by atoms with E-state index in [4.69, 9.17) is 16.3 Å². The van der Waals surface area contributed by atoms with Gasteiger partial charge in [0.1, 0.15) is 35.7 Å². The van der Waals surface area contributed by atoms with E-state index in [0.717, 1.165) is 58.5 Å². The van der Waals surface area contributed by atoms with Crippen molar-refractivity contribution in [2.24, 2.45) is 11.8 Å². The number of hydrogen-bond acceptors (Lipinski definition) is 5. The van der Waals surface area contributed by atoms with E-state index in [0.29, 0.717) is 43.3 Å². The average molecular weight is 525 g/mol. The number of carbonyl (C=O) groups is 2. The number of allylic oxidation sites excluding steroid dienone is 6. The second kappa shape index (κ2) is 9.09. The molecule has 6 rings (SSSR count). The normalized spacial score (nSPS) is 30.8. The molecule has 2 unspecified atom stereocenters. The maximum atomic E-state index is 13.9. The van der Waals surface area contributed by atoms with Crippen LogP contribution in [0.5, 0.6) is 0 Å². The Hall–Kier alpha value is -2.45. The third-order valence-corrected chi connectivity index (χ3v) is 9.27. The molecule has 2 atom stereocenters. The fourth-order valence-electron chi connectivity index (χ4n) is 6.58. The maximum Gasteiger partial charge on any atom is 0.239 e. The van der Waals surface area contributed by atoms with E-state index < -0.39 is 5.92 Å². The van der Waals surface area contributed by atoms with E-state index in [2.05, 4.69) is 11.8 Å². The van der Waals surface area contributed by atoms with Gasteiger partial charge >= 0.3 is 0 Å². The van der Waals surface area contributed by atoms with Crippen LogP contribution in [0.15, 0.2) is 68.6 Å². The molecule has 0 bridgehead atoms. The van der Waals surface area contributed by atoms with Gasteiger partial charge in [-0.05, 0) is 63.4 Å². The summed E-state index contributed by atoms with van der Waals surface area (Å²) < 4.78 is 5.99. The Morgan fingerprint density at radius 1 is 1.19 bits per heavy atom. The van der Waals surface area contributed by atoms with Crippen LogP contribution >= 0.6 is 11.6 Å². The largest absolute Gasteiger partial charge is 0.463 e. The van der Waals surface area contributed by atoms with E-state index in [1.54, 1.807) is 0 Å². The molecular weight excluding hydrogens is 490 g/mol. The van der Waals surface area contributed by atoms with Crippen molar-refractivity contribution in [3.63, 3.8) is 0 Å². The van der Waals surface area contributed by atoms with Crippen molar-refractivity contribution in [3.05, 3.63) is 68.6 Å². The minimum atomic E-state index is -0.514. The lowest BCUT2D eigenvalue weighted by Crippen LogP contribution is -2.44. The highest BCUT2D eigenvalue weighted by Crippen LogP contribution is 2.51. The number of carbonyl (C=O) groups excluding carboxylic acids is 2. The van der Waals surface area contributed by atoms with Gasteiger partial charge in [-0.3, -0.25) is 14.5 Å². The predicted octanol–water partition coefficient (Wildman–Crippen LogP) is 4.89. The highest BCUT2D eigenvalue weighted by atomic mass is 35.5. The SMILES string of the molecule is CC[N+]1(O)C=C2C3=CC4=CC(Cl)=C(C)OC(CN5CCC(C)CC5)=C4CN3C(=O)C2C2=C1CCC(=O)C2. The van der Waals surface area contributed by atoms with Crippen molar-refractivity contribution in [2.45, 2.75) is 52.9 Å². The lowest BCUT2D eigenvalue weighted by atomic mass is 9.80. The Bertz CT molecular complexity index is 1280. The number of fused-ring (bicyclic) bond motifs is 5. The maximum absolute atomic E-state index is 13.9. The summed E-state index contributed by atoms with van der Waals surface area (Å²) in [7, 11) is 0. The van der Waals surface area contributed by atoms with E-state index in [-0.39, 0.29) is 22.8 Å². The van der Waals surface area contributed by atoms with Gasteiger partial charge < -0.3 is 9.64 Å². The molecule has 0 radical (unpaired) electrons. The Balaban J connectivity index is 1.43. The van der Waals surface area contributed by atoms with Gasteiger partial charge in [0.25, 0.3) is 0 Å². The standard InChI is InChI=1S/C29H35ClN3O4/c1-4-33(36)16-23-25-12-19-11-24(30)18(3)37-27(15-31-9-7-17(2)8-10-31)22(19)14-32(25)29(35)28(23)21-13-20(34)5-6-26(21)33/h11-12,16-17,28,36H,4-10,13-15H2,1-3H3/q+1. The summed E-state index contributed by atoms with van der Waals surface area (Å²) in [6, 6.07) is 0. The first-order valence-electron chi connectivity index (χ1n) is 13.5. The monoisotopic (exact) mass is 524 g/mol. The molecule has 5 heterocycles. The summed E-state index contributed by atoms with van der Waals surface area (Å²) >= 11 is 6.63. The molecule has 0 spiro atoms. The minimum Gasteiger partial charge on any atom is -0.463 e. The Morgan fingerprint density at radius 2 is 1.95 bits per heavy atom. The van der Waals surface area contributed by atoms with E-state index >= 15 is 0 Å². The van der Waals surface area contributed by atoms with Crippen LogP contribution in [0.3, 0.4) is 0 Å². The van der Waals surface area contributed by atoms with Crippen LogP contribution in [0, 0.1) is 11.8 Å². The Morgan fingerprint density at radius 3 is 2.68 bits per heavy atom. The van der Waals surface area contributed by atoms with Crippen molar-refractivity contribution < 1.29 is 24.2 Å². The van der Waals surface area contributed by atoms with Gasteiger partial charge in [0.2, 0.25) is 5.91 Å². The average Bonchev–Trinajstić information content (AvgIpc) is 3.07. The summed E-state index contributed by atoms with van der Waals surface area (Å²) in [6.45, 7) is 9.65. The molecule has 8 heteroatoms. The van der Waals surface area contributed by atoms with Crippen LogP contribution < -0.4 is 0 Å². The number of ether oxygens (including phenoxy) is 1. The molecular formula is C29H35ClN3O4+. The number of hydroxylamine groups is 3. The molecule has 1 N–H and O–H groups in total. The summed E-state index contributed by atoms with van der Waals surface area (Å²) in [5.74, 6) is 1.82. The molecule has 6 aliphatic rings. The number of rotatable bonds is 3. The van der Waals surface area contributed by atoms with Gasteiger partial charge in [-0.2, -0.15) is 0 Å². The molecule has 196 valence electrons. The van der Waals surface area contributed by atoms with Gasteiger partial charge in [-0.1, -0.05) is 18.5 Å². The van der Waals surface area contributed by atoms with Crippen molar-refractivity contribution in [3.8, 4) is 0 Å². The van der Waals surface area contributed by atoms with Gasteiger partial charge in [0.15, 0.2) is 0 Å². The number of Topliss-reactive ketones (excluding diaryl/α,β-unsaturated/α-hetero) is 1. The molecule has 1 amide bonds. The Kier molecular flexibility index (Phi) is 6.10. The van der Waals surface area contributed by atoms with Crippen LogP contribution in [-0.2, 0) is 14.3 Å². The summed E-state index contributed by atoms with van der Waals surface area (Å²) in [4.78, 5) is 30.6. The second-order valence-electron chi connectivity index (χ2n) is 11.3. The summed E-state index contributed by atoms with van der Waals surface area (Å²) in [6.07, 6.45) is 9.24. The van der Waals surface area contributed by atoms with Crippen LogP contribution in [0.2, 0.25) is 0 Å². The molecule has 7 nitrogen and oxygen atoms in total. The summed E-state index contributed by atoms with van der Waals surface area (Å²) in [5.41, 5.74) is 5.08. The van der Waals surface area contributed by atoms with Crippen LogP contribution in [0.25, 0.3) is 0 Å². The number of ketones is 1. The van der Waals surface area contributed by atoms with E-state index in [1.807, 2.05) is 37.1 Å². The molecule has 2 fully saturated rings. The second-order valence-corrected chi connectivity index (χ2v) is 11.7. The highest BCUT2D eigenvalue weighted by Gasteiger charge is 2.53. The van der Waals surface area contributed by atoms with E-state index in [9.17, 15) is 14.8 Å². The van der Waals surface area contributed by atoms with Gasteiger partial charge in [0, 0.05) is 36.0 Å². The van der Waals surface area contributed by atoms with Crippen molar-refractivity contribution in [1.29, 1.82) is 0 Å². The molecule has 1 aliphatic carbocycles. The Labute approximate surface area is 223 Å². The van der Waals surface area contributed by atoms with Crippen molar-refractivity contribution >= 4 is 23.3 Å². The van der Waals surface area contributed by atoms with Crippen molar-refractivity contribution in [1.82, 2.24) is 9.80 Å². The molecule has 0 aromatic rings. The number of hydrogen-bond donors (Lipinski definition) is 1. The van der Waals surface area contributed by atoms with Gasteiger partial charge in [0.05, 0.1) is 29.7 Å². The number of nitrogens with zero attached hydrogens (tertiary/aromatic N) is 3. The first kappa shape index (κ1) is 24.9. The molecule has 0 aromatic carbocycles. The zero-order valence-corrected chi connectivity index (χ0v) is 22.6. The third kappa shape index (κ3) is 4.07. The van der Waals surface area contributed by atoms with Crippen LogP contribution in [0.1, 0.15) is 52.9 Å². The number of likely N-dealkylation sites (tertiary alicyclic amines) is 1. The van der Waals surface area contributed by atoms with Gasteiger partial charge in [-0.15, -0.1) is 4.65 Å². The van der Waals surface area contributed by atoms with E-state index in [1.165, 1.54) is 12.8 Å². The van der Waals surface area contributed by atoms with Gasteiger partial charge in [-0.25, -0.2) is 5.21 Å². The summed E-state index contributed by atoms with van der Waals surface area (Å²) in [5, 5.41) is 12.1. The quantitative estimate of drug-likeness (QED) is 0.532. The molecule has 0 saturated carbocycles. The zero-order valence-electron chi connectivity index (χ0n) is 21.8. The topological polar surface area (TPSA) is 70.1 Å². The number of halogens is 1. The number of piperidine rings is 1. The molecule has 37 heavy (non-hydrogen) atoms. The molecule has 0 aromatic heterocycles. The molecule has 2 saturated heterocycles. The highest BCUT2D eigenvalue weighted by molar-refractivity contribution is 6.31. The lowest BCUT2D eigenvalue weighted by Gasteiger charge is -2.36. The minimum absolute atomic E-state index is 0.0280. The number of quaternary nitrogens is 1. The first-order valence-corrected chi connectivity index (χ1v) is 13.9. The lowest BCUT2D eigenvalue weighted by molar-refractivity contribution is -1.03. The smallest absolute Gasteiger partial charge is 0.239 e. The fraction of sp³-hybridized carbons (Fsp3) is 0.517. The zero-order chi connectivity index (χ0) is 26.1. The third-order valence-electron chi connectivity index (χ3n) is 8.89. The predicted molar refractivity (Wildman–Crippen MR) is 139 cm³/mol. The van der Waals surface area contributed by atoms with Crippen molar-refractivity contribution in [2.75, 3.05) is 32.7 Å². The van der Waals surface area contributed by atoms with Crippen LogP contribution in [0.4, 0.5) is 0 Å². The fourth-order valence-corrected chi connectivity index (χ4v) is 6.74. The number of amides is 1.